The van der Waals surface area contributed by atoms with Crippen molar-refractivity contribution in [3.8, 4) is 0 Å². The monoisotopic (exact) mass is 373 g/mol. The number of anilines is 1. The molecule has 0 radical (unpaired) electrons. The molecule has 1 aromatic carbocycles. The third-order valence-electron chi connectivity index (χ3n) is 3.49. The number of hydrogen-bond donors (Lipinski definition) is 1. The first-order chi connectivity index (χ1) is 8.58. The summed E-state index contributed by atoms with van der Waals surface area (Å²) in [6.45, 7) is 1.99. The number of nitrogen functional groups attached to an aromatic ring is 1. The van der Waals surface area contributed by atoms with Crippen molar-refractivity contribution >= 4 is 40.0 Å². The van der Waals surface area contributed by atoms with Crippen molar-refractivity contribution in [1.82, 2.24) is 9.78 Å². The Bertz CT molecular complexity index is 621. The van der Waals surface area contributed by atoms with Crippen molar-refractivity contribution in [3.63, 3.8) is 0 Å². The van der Waals surface area contributed by atoms with Gasteiger partial charge in [0.2, 0.25) is 0 Å². The number of rotatable bonds is 1. The van der Waals surface area contributed by atoms with Crippen LogP contribution in [0.25, 0.3) is 0 Å². The summed E-state index contributed by atoms with van der Waals surface area (Å²) in [6.07, 6.45) is 2.08. The zero-order valence-corrected chi connectivity index (χ0v) is 12.9. The second-order valence-corrected chi connectivity index (χ2v) is 6.14. The summed E-state index contributed by atoms with van der Waals surface area (Å²) in [5.74, 6) is 0.765. The van der Waals surface area contributed by atoms with Crippen LogP contribution in [0.3, 0.4) is 0 Å². The molecule has 1 aliphatic carbocycles. The summed E-state index contributed by atoms with van der Waals surface area (Å²) in [7, 11) is 0. The third kappa shape index (κ3) is 1.82. The van der Waals surface area contributed by atoms with Crippen molar-refractivity contribution < 1.29 is 0 Å². The van der Waals surface area contributed by atoms with Gasteiger partial charge in [0, 0.05) is 5.02 Å². The standard InChI is InChI=1S/C13H13ClIN3/c1-7-12(15)13(16)18(17-7)11-5-2-8-6-9(14)3-4-10(8)11/h3-4,6,11H,2,5,16H2,1H3. The maximum atomic E-state index is 6.14. The normalized spacial score (nSPS) is 18.1. The zero-order chi connectivity index (χ0) is 12.9. The molecule has 3 nitrogen and oxygen atoms in total. The first-order valence-electron chi connectivity index (χ1n) is 5.86. The van der Waals surface area contributed by atoms with Crippen molar-refractivity contribution in [1.29, 1.82) is 0 Å². The van der Waals surface area contributed by atoms with E-state index < -0.39 is 0 Å². The van der Waals surface area contributed by atoms with Crippen LogP contribution in [-0.4, -0.2) is 9.78 Å². The molecule has 0 saturated heterocycles. The lowest BCUT2D eigenvalue weighted by Crippen LogP contribution is -2.12. The van der Waals surface area contributed by atoms with Crippen LogP contribution in [0.4, 0.5) is 5.82 Å². The van der Waals surface area contributed by atoms with Gasteiger partial charge in [0.05, 0.1) is 15.3 Å². The molecule has 94 valence electrons. The van der Waals surface area contributed by atoms with Crippen molar-refractivity contribution in [3.05, 3.63) is 43.6 Å². The van der Waals surface area contributed by atoms with Gasteiger partial charge in [0.1, 0.15) is 5.82 Å². The minimum Gasteiger partial charge on any atom is -0.383 e. The number of benzene rings is 1. The van der Waals surface area contributed by atoms with Gasteiger partial charge in [0.25, 0.3) is 0 Å². The Morgan fingerprint density at radius 3 is 2.94 bits per heavy atom. The summed E-state index contributed by atoms with van der Waals surface area (Å²) in [6, 6.07) is 6.34. The SMILES string of the molecule is Cc1nn(C2CCc3cc(Cl)ccc32)c(N)c1I. The lowest BCUT2D eigenvalue weighted by atomic mass is 10.1. The van der Waals surface area contributed by atoms with E-state index in [0.717, 1.165) is 32.9 Å². The summed E-state index contributed by atoms with van der Waals surface area (Å²) < 4.78 is 3.01. The zero-order valence-electron chi connectivity index (χ0n) is 9.95. The molecule has 1 atom stereocenters. The highest BCUT2D eigenvalue weighted by Gasteiger charge is 2.27. The molecule has 2 aromatic rings. The van der Waals surface area contributed by atoms with Gasteiger partial charge in [0.15, 0.2) is 0 Å². The molecule has 0 fully saturated rings. The van der Waals surface area contributed by atoms with Gasteiger partial charge in [-0.05, 0) is 65.6 Å². The van der Waals surface area contributed by atoms with E-state index in [2.05, 4.69) is 39.8 Å². The van der Waals surface area contributed by atoms with Crippen LogP contribution in [0.1, 0.15) is 29.3 Å². The molecule has 0 spiro atoms. The Kier molecular flexibility index (Phi) is 3.02. The molecule has 0 bridgehead atoms. The van der Waals surface area contributed by atoms with E-state index in [9.17, 15) is 0 Å². The second-order valence-electron chi connectivity index (χ2n) is 4.63. The molecule has 2 N–H and O–H groups in total. The highest BCUT2D eigenvalue weighted by atomic mass is 127. The van der Waals surface area contributed by atoms with E-state index >= 15 is 0 Å². The maximum Gasteiger partial charge on any atom is 0.136 e. The molecule has 1 heterocycles. The number of nitrogens with two attached hydrogens (primary N) is 1. The molecule has 18 heavy (non-hydrogen) atoms. The predicted molar refractivity (Wildman–Crippen MR) is 82.0 cm³/mol. The molecule has 0 amide bonds. The van der Waals surface area contributed by atoms with Crippen molar-refractivity contribution in [2.75, 3.05) is 5.73 Å². The van der Waals surface area contributed by atoms with Crippen molar-refractivity contribution in [2.24, 2.45) is 0 Å². The first kappa shape index (κ1) is 12.3. The summed E-state index contributed by atoms with van der Waals surface area (Å²) >= 11 is 8.28. The minimum atomic E-state index is 0.250. The van der Waals surface area contributed by atoms with Gasteiger partial charge >= 0.3 is 0 Å². The fourth-order valence-electron chi connectivity index (χ4n) is 2.60. The number of hydrogen-bond acceptors (Lipinski definition) is 2. The van der Waals surface area contributed by atoms with E-state index in [1.807, 2.05) is 17.7 Å². The van der Waals surface area contributed by atoms with Crippen LogP contribution in [0.5, 0.6) is 0 Å². The fourth-order valence-corrected chi connectivity index (χ4v) is 3.15. The van der Waals surface area contributed by atoms with E-state index in [4.69, 9.17) is 17.3 Å². The number of fused-ring (bicyclic) bond motifs is 1. The average molecular weight is 374 g/mol. The number of halogens is 2. The van der Waals surface area contributed by atoms with Crippen LogP contribution in [-0.2, 0) is 6.42 Å². The van der Waals surface area contributed by atoms with Crippen molar-refractivity contribution in [2.45, 2.75) is 25.8 Å². The molecule has 3 rings (SSSR count). The number of aryl methyl sites for hydroxylation is 2. The molecule has 5 heteroatoms. The van der Waals surface area contributed by atoms with E-state index in [1.165, 1.54) is 11.1 Å². The number of aromatic nitrogens is 2. The molecule has 0 saturated carbocycles. The fraction of sp³-hybridized carbons (Fsp3) is 0.308. The summed E-state index contributed by atoms with van der Waals surface area (Å²) in [5, 5.41) is 5.36. The highest BCUT2D eigenvalue weighted by Crippen LogP contribution is 2.37. The lowest BCUT2D eigenvalue weighted by molar-refractivity contribution is 0.524. The quantitative estimate of drug-likeness (QED) is 0.777. The Balaban J connectivity index is 2.09. The van der Waals surface area contributed by atoms with Crippen LogP contribution >= 0.6 is 34.2 Å². The largest absolute Gasteiger partial charge is 0.383 e. The topological polar surface area (TPSA) is 43.8 Å². The average Bonchev–Trinajstić information content (AvgIpc) is 2.85. The Morgan fingerprint density at radius 2 is 2.28 bits per heavy atom. The van der Waals surface area contributed by atoms with Gasteiger partial charge in [-0.25, -0.2) is 4.68 Å². The third-order valence-corrected chi connectivity index (χ3v) is 5.06. The summed E-state index contributed by atoms with van der Waals surface area (Å²) in [4.78, 5) is 0. The van der Waals surface area contributed by atoms with Gasteiger partial charge < -0.3 is 5.73 Å². The van der Waals surface area contributed by atoms with Crippen LogP contribution < -0.4 is 5.73 Å². The minimum absolute atomic E-state index is 0.250. The smallest absolute Gasteiger partial charge is 0.136 e. The first-order valence-corrected chi connectivity index (χ1v) is 7.32. The highest BCUT2D eigenvalue weighted by molar-refractivity contribution is 14.1. The number of nitrogens with zero attached hydrogens (tertiary/aromatic N) is 2. The van der Waals surface area contributed by atoms with Crippen LogP contribution in [0.2, 0.25) is 5.02 Å². The van der Waals surface area contributed by atoms with E-state index in [0.29, 0.717) is 0 Å². The Labute approximate surface area is 124 Å². The lowest BCUT2D eigenvalue weighted by Gasteiger charge is -2.14. The molecule has 0 aliphatic heterocycles. The van der Waals surface area contributed by atoms with Crippen LogP contribution in [0.15, 0.2) is 18.2 Å². The molecular weight excluding hydrogens is 361 g/mol. The second kappa shape index (κ2) is 4.42. The molecular formula is C13H13ClIN3. The predicted octanol–water partition coefficient (Wildman–Crippen LogP) is 3.57. The summed E-state index contributed by atoms with van der Waals surface area (Å²) in [5.41, 5.74) is 9.74. The van der Waals surface area contributed by atoms with Gasteiger partial charge in [-0.2, -0.15) is 5.10 Å². The maximum absolute atomic E-state index is 6.14. The van der Waals surface area contributed by atoms with E-state index in [-0.39, 0.29) is 6.04 Å². The Hall–Kier alpha value is -0.750. The van der Waals surface area contributed by atoms with Gasteiger partial charge in [-0.15, -0.1) is 0 Å². The van der Waals surface area contributed by atoms with Gasteiger partial charge in [-0.1, -0.05) is 17.7 Å². The van der Waals surface area contributed by atoms with Gasteiger partial charge in [-0.3, -0.25) is 0 Å². The van der Waals surface area contributed by atoms with E-state index in [1.54, 1.807) is 0 Å². The van der Waals surface area contributed by atoms with Crippen LogP contribution in [0, 0.1) is 10.5 Å². The molecule has 1 aromatic heterocycles. The Morgan fingerprint density at radius 1 is 1.50 bits per heavy atom. The molecule has 1 unspecified atom stereocenters. The molecule has 1 aliphatic rings.